The highest BCUT2D eigenvalue weighted by molar-refractivity contribution is 6.09. The first-order valence-electron chi connectivity index (χ1n) is 10.7. The van der Waals surface area contributed by atoms with E-state index in [1.165, 1.54) is 6.07 Å². The number of aromatic amines is 1. The van der Waals surface area contributed by atoms with E-state index in [4.69, 9.17) is 9.72 Å². The predicted molar refractivity (Wildman–Crippen MR) is 121 cm³/mol. The van der Waals surface area contributed by atoms with Crippen LogP contribution in [0.5, 0.6) is 5.75 Å². The smallest absolute Gasteiger partial charge is 0.251 e. The summed E-state index contributed by atoms with van der Waals surface area (Å²) in [5, 5.41) is 11.8. The lowest BCUT2D eigenvalue weighted by molar-refractivity contribution is 0.0950. The molecule has 0 fully saturated rings. The van der Waals surface area contributed by atoms with Crippen molar-refractivity contribution < 1.29 is 13.9 Å². The number of rotatable bonds is 5. The lowest BCUT2D eigenvalue weighted by Crippen LogP contribution is -2.31. The molecule has 5 rings (SSSR count). The SMILES string of the molecule is CN(C)CCNC(=O)c1ccc(-c2nc3ccc4[nH]ncc4c3c3c2CCCO3)c(F)c1. The molecular formula is C24H24FN5O2. The standard InChI is InChI=1S/C24H24FN5O2/c1-30(2)10-9-26-24(31)14-5-6-15(18(25)12-14)22-16-4-3-11-32-23(16)21-17-13-27-29-19(17)7-8-20(21)28-22/h5-8,12-13H,3-4,9-11H2,1-2H3,(H,26,31)(H,27,29). The fourth-order valence-corrected chi connectivity index (χ4v) is 4.16. The Balaban J connectivity index is 1.57. The van der Waals surface area contributed by atoms with Gasteiger partial charge in [-0.1, -0.05) is 0 Å². The van der Waals surface area contributed by atoms with Gasteiger partial charge in [-0.3, -0.25) is 9.89 Å². The molecule has 1 aliphatic heterocycles. The summed E-state index contributed by atoms with van der Waals surface area (Å²) in [5.41, 5.74) is 3.73. The Labute approximate surface area is 184 Å². The highest BCUT2D eigenvalue weighted by Gasteiger charge is 2.24. The van der Waals surface area contributed by atoms with Gasteiger partial charge in [-0.05, 0) is 57.3 Å². The van der Waals surface area contributed by atoms with E-state index in [2.05, 4.69) is 15.5 Å². The van der Waals surface area contributed by atoms with Crippen molar-refractivity contribution in [3.05, 3.63) is 53.5 Å². The van der Waals surface area contributed by atoms with Gasteiger partial charge < -0.3 is 15.0 Å². The zero-order valence-corrected chi connectivity index (χ0v) is 18.0. The van der Waals surface area contributed by atoms with Crippen molar-refractivity contribution in [1.29, 1.82) is 0 Å². The number of pyridine rings is 1. The van der Waals surface area contributed by atoms with Crippen molar-refractivity contribution in [2.45, 2.75) is 12.8 Å². The van der Waals surface area contributed by atoms with Crippen molar-refractivity contribution in [1.82, 2.24) is 25.4 Å². The monoisotopic (exact) mass is 433 g/mol. The number of likely N-dealkylation sites (N-methyl/N-ethyl adjacent to an activating group) is 1. The van der Waals surface area contributed by atoms with Crippen LogP contribution in [0.1, 0.15) is 22.3 Å². The number of hydrogen-bond donors (Lipinski definition) is 2. The van der Waals surface area contributed by atoms with Gasteiger partial charge in [0.1, 0.15) is 11.6 Å². The lowest BCUT2D eigenvalue weighted by atomic mass is 9.95. The molecule has 7 nitrogen and oxygen atoms in total. The van der Waals surface area contributed by atoms with E-state index in [1.807, 2.05) is 31.1 Å². The molecule has 32 heavy (non-hydrogen) atoms. The summed E-state index contributed by atoms with van der Waals surface area (Å²) in [5.74, 6) is -0.0288. The van der Waals surface area contributed by atoms with Crippen molar-refractivity contribution in [3.63, 3.8) is 0 Å². The van der Waals surface area contributed by atoms with Gasteiger partial charge in [0.05, 0.1) is 34.9 Å². The summed E-state index contributed by atoms with van der Waals surface area (Å²) in [6.45, 7) is 1.81. The summed E-state index contributed by atoms with van der Waals surface area (Å²) in [4.78, 5) is 19.2. The predicted octanol–water partition coefficient (Wildman–Crippen LogP) is 3.53. The molecule has 3 heterocycles. The van der Waals surface area contributed by atoms with Crippen LogP contribution in [-0.2, 0) is 6.42 Å². The molecule has 0 spiro atoms. The molecule has 2 aromatic heterocycles. The zero-order chi connectivity index (χ0) is 22.2. The van der Waals surface area contributed by atoms with Gasteiger partial charge in [-0.15, -0.1) is 0 Å². The Morgan fingerprint density at radius 3 is 2.97 bits per heavy atom. The van der Waals surface area contributed by atoms with Gasteiger partial charge in [-0.25, -0.2) is 9.37 Å². The summed E-state index contributed by atoms with van der Waals surface area (Å²) in [6, 6.07) is 8.36. The topological polar surface area (TPSA) is 83.1 Å². The number of halogens is 1. The molecule has 4 aromatic rings. The number of amides is 1. The minimum absolute atomic E-state index is 0.288. The minimum Gasteiger partial charge on any atom is -0.492 e. The quantitative estimate of drug-likeness (QED) is 0.503. The second-order valence-corrected chi connectivity index (χ2v) is 8.26. The molecule has 0 aliphatic carbocycles. The van der Waals surface area contributed by atoms with Crippen LogP contribution in [0, 0.1) is 5.82 Å². The molecule has 0 atom stereocenters. The van der Waals surface area contributed by atoms with Crippen LogP contribution in [0.2, 0.25) is 0 Å². The molecule has 1 aliphatic rings. The number of benzene rings is 2. The average molecular weight is 433 g/mol. The maximum absolute atomic E-state index is 15.2. The van der Waals surface area contributed by atoms with Crippen molar-refractivity contribution in [2.75, 3.05) is 33.8 Å². The first-order chi connectivity index (χ1) is 15.5. The third-order valence-corrected chi connectivity index (χ3v) is 5.77. The third-order valence-electron chi connectivity index (χ3n) is 5.77. The summed E-state index contributed by atoms with van der Waals surface area (Å²) >= 11 is 0. The maximum atomic E-state index is 15.2. The third kappa shape index (κ3) is 3.56. The molecule has 0 bridgehead atoms. The molecule has 0 saturated heterocycles. The lowest BCUT2D eigenvalue weighted by Gasteiger charge is -2.22. The number of H-pyrrole nitrogens is 1. The van der Waals surface area contributed by atoms with Crippen molar-refractivity contribution in [3.8, 4) is 17.0 Å². The van der Waals surface area contributed by atoms with Gasteiger partial charge in [0, 0.05) is 35.2 Å². The molecule has 2 aromatic carbocycles. The summed E-state index contributed by atoms with van der Waals surface area (Å²) in [7, 11) is 3.86. The van der Waals surface area contributed by atoms with Crippen molar-refractivity contribution >= 4 is 27.7 Å². The van der Waals surface area contributed by atoms with E-state index in [9.17, 15) is 4.79 Å². The van der Waals surface area contributed by atoms with Crippen LogP contribution < -0.4 is 10.1 Å². The van der Waals surface area contributed by atoms with Crippen LogP contribution in [0.3, 0.4) is 0 Å². The second kappa shape index (κ2) is 8.20. The van der Waals surface area contributed by atoms with Gasteiger partial charge in [0.15, 0.2) is 0 Å². The number of ether oxygens (including phenoxy) is 1. The van der Waals surface area contributed by atoms with Crippen LogP contribution in [0.25, 0.3) is 33.1 Å². The molecule has 0 saturated carbocycles. The van der Waals surface area contributed by atoms with Gasteiger partial charge in [-0.2, -0.15) is 5.10 Å². The Bertz CT molecular complexity index is 1330. The highest BCUT2D eigenvalue weighted by atomic mass is 19.1. The average Bonchev–Trinajstić information content (AvgIpc) is 3.27. The van der Waals surface area contributed by atoms with Crippen LogP contribution >= 0.6 is 0 Å². The molecule has 164 valence electrons. The highest BCUT2D eigenvalue weighted by Crippen LogP contribution is 2.41. The largest absolute Gasteiger partial charge is 0.492 e. The number of nitrogens with zero attached hydrogens (tertiary/aromatic N) is 3. The van der Waals surface area contributed by atoms with Crippen LogP contribution in [0.4, 0.5) is 4.39 Å². The van der Waals surface area contributed by atoms with Crippen LogP contribution in [0.15, 0.2) is 36.5 Å². The number of carbonyl (C=O) groups excluding carboxylic acids is 1. The molecule has 1 amide bonds. The van der Waals surface area contributed by atoms with Crippen LogP contribution in [-0.4, -0.2) is 59.8 Å². The Kier molecular flexibility index (Phi) is 5.22. The molecule has 0 radical (unpaired) electrons. The molecule has 0 unspecified atom stereocenters. The Morgan fingerprint density at radius 2 is 2.16 bits per heavy atom. The summed E-state index contributed by atoms with van der Waals surface area (Å²) < 4.78 is 21.3. The number of fused-ring (bicyclic) bond motifs is 5. The maximum Gasteiger partial charge on any atom is 0.251 e. The molecule has 8 heteroatoms. The van der Waals surface area contributed by atoms with E-state index in [-0.39, 0.29) is 11.5 Å². The number of nitrogens with one attached hydrogen (secondary N) is 2. The number of aromatic nitrogens is 3. The first-order valence-corrected chi connectivity index (χ1v) is 10.7. The normalized spacial score (nSPS) is 13.4. The minimum atomic E-state index is -0.478. The van der Waals surface area contributed by atoms with E-state index in [0.717, 1.165) is 46.0 Å². The fraction of sp³-hybridized carbons (Fsp3) is 0.292. The Morgan fingerprint density at radius 1 is 1.28 bits per heavy atom. The van der Waals surface area contributed by atoms with Gasteiger partial charge in [0.25, 0.3) is 5.91 Å². The summed E-state index contributed by atoms with van der Waals surface area (Å²) in [6.07, 6.45) is 3.35. The van der Waals surface area contributed by atoms with Gasteiger partial charge >= 0.3 is 0 Å². The van der Waals surface area contributed by atoms with E-state index >= 15 is 4.39 Å². The fourth-order valence-electron chi connectivity index (χ4n) is 4.16. The molecule has 2 N–H and O–H groups in total. The number of hydrogen-bond acceptors (Lipinski definition) is 5. The zero-order valence-electron chi connectivity index (χ0n) is 18.0. The number of carbonyl (C=O) groups is 1. The second-order valence-electron chi connectivity index (χ2n) is 8.26. The molecular weight excluding hydrogens is 409 g/mol. The first kappa shape index (κ1) is 20.4. The van der Waals surface area contributed by atoms with E-state index in [1.54, 1.807) is 18.3 Å². The van der Waals surface area contributed by atoms with Gasteiger partial charge in [0.2, 0.25) is 0 Å². The van der Waals surface area contributed by atoms with E-state index < -0.39 is 5.82 Å². The Hall–Kier alpha value is -3.52. The van der Waals surface area contributed by atoms with Crippen molar-refractivity contribution in [2.24, 2.45) is 0 Å². The van der Waals surface area contributed by atoms with E-state index in [0.29, 0.717) is 31.0 Å².